The van der Waals surface area contributed by atoms with E-state index < -0.39 is 0 Å². The summed E-state index contributed by atoms with van der Waals surface area (Å²) in [6.07, 6.45) is 5.00. The average molecular weight is 418 g/mol. The molecular weight excluding hydrogens is 392 g/mol. The average Bonchev–Trinajstić information content (AvgIpc) is 2.82. The first-order valence-corrected chi connectivity index (χ1v) is 9.92. The molecule has 0 unspecified atom stereocenters. The van der Waals surface area contributed by atoms with Crippen molar-refractivity contribution >= 4 is 12.0 Å². The van der Waals surface area contributed by atoms with Crippen LogP contribution in [0.15, 0.2) is 72.9 Å². The number of nitrogens with zero attached hydrogens (tertiary/aromatic N) is 1. The molecule has 1 amide bonds. The summed E-state index contributed by atoms with van der Waals surface area (Å²) < 4.78 is 16.4. The molecule has 1 atom stereocenters. The second kappa shape index (κ2) is 10.8. The quantitative estimate of drug-likeness (QED) is 0.516. The van der Waals surface area contributed by atoms with Crippen LogP contribution in [0, 0.1) is 0 Å². The molecule has 0 aliphatic carbocycles. The van der Waals surface area contributed by atoms with Gasteiger partial charge in [0.1, 0.15) is 23.9 Å². The molecule has 0 saturated heterocycles. The van der Waals surface area contributed by atoms with Gasteiger partial charge in [-0.05, 0) is 61.0 Å². The lowest BCUT2D eigenvalue weighted by Crippen LogP contribution is -2.25. The Kier molecular flexibility index (Phi) is 7.65. The fraction of sp³-hybridized carbons (Fsp3) is 0.200. The molecule has 1 N–H and O–H groups in total. The standard InChI is InChI=1S/C25H26N2O4/c1-18(23-16-22(29-2)12-13-24(23)30-3)27-25(28)14-9-19-7-10-21(11-8-19)31-17-20-6-4-5-15-26-20/h4-16,18H,17H2,1-3H3,(H,27,28)/b14-9+/t18-/m1/s1. The molecule has 0 bridgehead atoms. The lowest BCUT2D eigenvalue weighted by Gasteiger charge is -2.17. The number of nitrogens with one attached hydrogen (secondary N) is 1. The number of carbonyl (C=O) groups excluding carboxylic acids is 1. The van der Waals surface area contributed by atoms with E-state index in [2.05, 4.69) is 10.3 Å². The van der Waals surface area contributed by atoms with Crippen molar-refractivity contribution in [3.8, 4) is 17.2 Å². The molecule has 0 aliphatic rings. The molecule has 1 heterocycles. The molecule has 0 spiro atoms. The third-order valence-electron chi connectivity index (χ3n) is 4.68. The summed E-state index contributed by atoms with van der Waals surface area (Å²) in [7, 11) is 3.20. The normalized spacial score (nSPS) is 11.7. The lowest BCUT2D eigenvalue weighted by atomic mass is 10.1. The molecule has 0 aliphatic heterocycles. The van der Waals surface area contributed by atoms with Gasteiger partial charge in [-0.2, -0.15) is 0 Å². The first-order chi connectivity index (χ1) is 15.1. The maximum Gasteiger partial charge on any atom is 0.244 e. The Morgan fingerprint density at radius 3 is 2.48 bits per heavy atom. The number of benzene rings is 2. The Hall–Kier alpha value is -3.80. The Morgan fingerprint density at radius 1 is 1.03 bits per heavy atom. The fourth-order valence-corrected chi connectivity index (χ4v) is 3.00. The van der Waals surface area contributed by atoms with Crippen molar-refractivity contribution in [3.63, 3.8) is 0 Å². The van der Waals surface area contributed by atoms with Crippen LogP contribution in [0.25, 0.3) is 6.08 Å². The van der Waals surface area contributed by atoms with Crippen LogP contribution < -0.4 is 19.5 Å². The van der Waals surface area contributed by atoms with Crippen molar-refractivity contribution in [3.05, 3.63) is 89.8 Å². The number of carbonyl (C=O) groups is 1. The molecule has 0 saturated carbocycles. The van der Waals surface area contributed by atoms with Crippen molar-refractivity contribution in [2.24, 2.45) is 0 Å². The van der Waals surface area contributed by atoms with Crippen molar-refractivity contribution in [2.75, 3.05) is 14.2 Å². The zero-order valence-corrected chi connectivity index (χ0v) is 17.9. The smallest absolute Gasteiger partial charge is 0.244 e. The van der Waals surface area contributed by atoms with Crippen molar-refractivity contribution in [1.82, 2.24) is 10.3 Å². The first-order valence-electron chi connectivity index (χ1n) is 9.92. The number of hydrogen-bond acceptors (Lipinski definition) is 5. The van der Waals surface area contributed by atoms with Crippen LogP contribution in [0.3, 0.4) is 0 Å². The van der Waals surface area contributed by atoms with Crippen LogP contribution in [0.5, 0.6) is 17.2 Å². The van der Waals surface area contributed by atoms with Crippen LogP contribution in [0.1, 0.15) is 29.8 Å². The zero-order chi connectivity index (χ0) is 22.1. The third kappa shape index (κ3) is 6.34. The van der Waals surface area contributed by atoms with E-state index in [1.165, 1.54) is 6.08 Å². The van der Waals surface area contributed by atoms with E-state index in [9.17, 15) is 4.79 Å². The predicted octanol–water partition coefficient (Wildman–Crippen LogP) is 4.57. The van der Waals surface area contributed by atoms with Gasteiger partial charge in [0.05, 0.1) is 26.0 Å². The van der Waals surface area contributed by atoms with Gasteiger partial charge >= 0.3 is 0 Å². The van der Waals surface area contributed by atoms with Crippen LogP contribution >= 0.6 is 0 Å². The minimum absolute atomic E-state index is 0.201. The molecular formula is C25H26N2O4. The molecule has 2 aromatic carbocycles. The molecule has 6 nitrogen and oxygen atoms in total. The molecule has 160 valence electrons. The van der Waals surface area contributed by atoms with E-state index in [1.807, 2.05) is 67.6 Å². The van der Waals surface area contributed by atoms with E-state index in [1.54, 1.807) is 26.5 Å². The van der Waals surface area contributed by atoms with Gasteiger partial charge in [-0.1, -0.05) is 18.2 Å². The highest BCUT2D eigenvalue weighted by atomic mass is 16.5. The van der Waals surface area contributed by atoms with E-state index in [-0.39, 0.29) is 11.9 Å². The highest BCUT2D eigenvalue weighted by Gasteiger charge is 2.14. The molecule has 1 aromatic heterocycles. The molecule has 0 radical (unpaired) electrons. The summed E-state index contributed by atoms with van der Waals surface area (Å²) in [5.74, 6) is 1.94. The SMILES string of the molecule is COc1ccc(OC)c([C@@H](C)NC(=O)/C=C/c2ccc(OCc3ccccn3)cc2)c1. The van der Waals surface area contributed by atoms with Crippen molar-refractivity contribution in [2.45, 2.75) is 19.6 Å². The summed E-state index contributed by atoms with van der Waals surface area (Å²) in [6, 6.07) is 18.5. The maximum absolute atomic E-state index is 12.4. The Labute approximate surface area is 182 Å². The Balaban J connectivity index is 1.56. The van der Waals surface area contributed by atoms with Crippen molar-refractivity contribution in [1.29, 1.82) is 0 Å². The van der Waals surface area contributed by atoms with Gasteiger partial charge in [0.25, 0.3) is 0 Å². The van der Waals surface area contributed by atoms with Gasteiger partial charge in [-0.3, -0.25) is 9.78 Å². The molecule has 3 aromatic rings. The number of amides is 1. The largest absolute Gasteiger partial charge is 0.497 e. The second-order valence-electron chi connectivity index (χ2n) is 6.85. The van der Waals surface area contributed by atoms with E-state index in [4.69, 9.17) is 14.2 Å². The van der Waals surface area contributed by atoms with E-state index in [0.717, 1.165) is 22.6 Å². The summed E-state index contributed by atoms with van der Waals surface area (Å²) in [6.45, 7) is 2.31. The fourth-order valence-electron chi connectivity index (χ4n) is 3.00. The molecule has 31 heavy (non-hydrogen) atoms. The van der Waals surface area contributed by atoms with Crippen LogP contribution in [-0.4, -0.2) is 25.1 Å². The van der Waals surface area contributed by atoms with E-state index >= 15 is 0 Å². The minimum atomic E-state index is -0.246. The number of pyridine rings is 1. The topological polar surface area (TPSA) is 69.7 Å². The van der Waals surface area contributed by atoms with E-state index in [0.29, 0.717) is 18.1 Å². The predicted molar refractivity (Wildman–Crippen MR) is 120 cm³/mol. The lowest BCUT2D eigenvalue weighted by molar-refractivity contribution is -0.117. The summed E-state index contributed by atoms with van der Waals surface area (Å²) in [5, 5.41) is 2.95. The number of rotatable bonds is 9. The zero-order valence-electron chi connectivity index (χ0n) is 17.9. The van der Waals surface area contributed by atoms with Crippen LogP contribution in [-0.2, 0) is 11.4 Å². The second-order valence-corrected chi connectivity index (χ2v) is 6.85. The van der Waals surface area contributed by atoms with Gasteiger partial charge < -0.3 is 19.5 Å². The highest BCUT2D eigenvalue weighted by molar-refractivity contribution is 5.92. The van der Waals surface area contributed by atoms with Crippen LogP contribution in [0.4, 0.5) is 0 Å². The van der Waals surface area contributed by atoms with Gasteiger partial charge in [0, 0.05) is 17.8 Å². The Morgan fingerprint density at radius 2 is 1.81 bits per heavy atom. The molecule has 6 heteroatoms. The number of hydrogen-bond donors (Lipinski definition) is 1. The molecule has 3 rings (SSSR count). The summed E-state index contributed by atoms with van der Waals surface area (Å²) >= 11 is 0. The third-order valence-corrected chi connectivity index (χ3v) is 4.68. The molecule has 0 fully saturated rings. The summed E-state index contributed by atoms with van der Waals surface area (Å²) in [4.78, 5) is 16.6. The monoisotopic (exact) mass is 418 g/mol. The number of ether oxygens (including phenoxy) is 3. The minimum Gasteiger partial charge on any atom is -0.497 e. The summed E-state index contributed by atoms with van der Waals surface area (Å²) in [5.41, 5.74) is 2.61. The van der Waals surface area contributed by atoms with Gasteiger partial charge in [0.15, 0.2) is 0 Å². The van der Waals surface area contributed by atoms with Gasteiger partial charge in [0.2, 0.25) is 5.91 Å². The van der Waals surface area contributed by atoms with Crippen LogP contribution in [0.2, 0.25) is 0 Å². The highest BCUT2D eigenvalue weighted by Crippen LogP contribution is 2.29. The number of aromatic nitrogens is 1. The van der Waals surface area contributed by atoms with Crippen molar-refractivity contribution < 1.29 is 19.0 Å². The Bertz CT molecular complexity index is 1020. The van der Waals surface area contributed by atoms with Gasteiger partial charge in [-0.15, -0.1) is 0 Å². The first kappa shape index (κ1) is 21.9. The van der Waals surface area contributed by atoms with Gasteiger partial charge in [-0.25, -0.2) is 0 Å². The maximum atomic E-state index is 12.4. The number of methoxy groups -OCH3 is 2.